The standard InChI is InChI=1S/C11H23N5O/c1-2-3-4-5-7-10(11(12)17)14-8-6-9-15-16-13/h10,14H,2-9H2,1H3,(H2,12,17). The Kier molecular flexibility index (Phi) is 10.4. The van der Waals surface area contributed by atoms with Gasteiger partial charge in [-0.3, -0.25) is 4.79 Å². The Bertz CT molecular complexity index is 250. The molecule has 6 heteroatoms. The quantitative estimate of drug-likeness (QED) is 0.250. The smallest absolute Gasteiger partial charge is 0.234 e. The van der Waals surface area contributed by atoms with Crippen LogP contribution < -0.4 is 11.1 Å². The van der Waals surface area contributed by atoms with Crippen molar-refractivity contribution < 1.29 is 4.79 Å². The molecule has 0 aromatic rings. The summed E-state index contributed by atoms with van der Waals surface area (Å²) >= 11 is 0. The number of unbranched alkanes of at least 4 members (excludes halogenated alkanes) is 3. The molecule has 98 valence electrons. The minimum absolute atomic E-state index is 0.252. The minimum Gasteiger partial charge on any atom is -0.368 e. The van der Waals surface area contributed by atoms with Gasteiger partial charge in [-0.1, -0.05) is 37.7 Å². The fraction of sp³-hybridized carbons (Fsp3) is 0.909. The fourth-order valence-corrected chi connectivity index (χ4v) is 1.59. The van der Waals surface area contributed by atoms with E-state index in [9.17, 15) is 4.79 Å². The van der Waals surface area contributed by atoms with Crippen molar-refractivity contribution in [1.82, 2.24) is 5.32 Å². The van der Waals surface area contributed by atoms with E-state index in [1.807, 2.05) is 0 Å². The minimum atomic E-state index is -0.301. The van der Waals surface area contributed by atoms with Crippen molar-refractivity contribution in [2.75, 3.05) is 13.1 Å². The van der Waals surface area contributed by atoms with Crippen LogP contribution in [-0.2, 0) is 4.79 Å². The van der Waals surface area contributed by atoms with Gasteiger partial charge in [-0.2, -0.15) is 0 Å². The van der Waals surface area contributed by atoms with Crippen molar-refractivity contribution in [3.63, 3.8) is 0 Å². The van der Waals surface area contributed by atoms with Gasteiger partial charge >= 0.3 is 0 Å². The molecular formula is C11H23N5O. The number of nitrogens with one attached hydrogen (secondary N) is 1. The third-order valence-corrected chi connectivity index (χ3v) is 2.58. The molecule has 0 heterocycles. The fourth-order valence-electron chi connectivity index (χ4n) is 1.59. The summed E-state index contributed by atoms with van der Waals surface area (Å²) in [7, 11) is 0. The number of hydrogen-bond donors (Lipinski definition) is 2. The van der Waals surface area contributed by atoms with Crippen LogP contribution in [0.1, 0.15) is 45.4 Å². The van der Waals surface area contributed by atoms with E-state index in [2.05, 4.69) is 22.3 Å². The highest BCUT2D eigenvalue weighted by Gasteiger charge is 2.12. The maximum absolute atomic E-state index is 11.2. The molecule has 0 aromatic carbocycles. The van der Waals surface area contributed by atoms with Crippen LogP contribution in [0.4, 0.5) is 0 Å². The first-order valence-corrected chi connectivity index (χ1v) is 6.26. The Labute approximate surface area is 103 Å². The molecule has 1 unspecified atom stereocenters. The van der Waals surface area contributed by atoms with Crippen LogP contribution in [0.15, 0.2) is 5.11 Å². The first-order chi connectivity index (χ1) is 8.22. The van der Waals surface area contributed by atoms with Gasteiger partial charge < -0.3 is 11.1 Å². The first-order valence-electron chi connectivity index (χ1n) is 6.26. The van der Waals surface area contributed by atoms with E-state index in [4.69, 9.17) is 11.3 Å². The summed E-state index contributed by atoms with van der Waals surface area (Å²) in [5, 5.41) is 6.52. The topological polar surface area (TPSA) is 104 Å². The van der Waals surface area contributed by atoms with Gasteiger partial charge in [0.15, 0.2) is 0 Å². The summed E-state index contributed by atoms with van der Waals surface area (Å²) in [5.74, 6) is -0.301. The summed E-state index contributed by atoms with van der Waals surface area (Å²) in [6.45, 7) is 3.25. The molecule has 3 N–H and O–H groups in total. The largest absolute Gasteiger partial charge is 0.368 e. The van der Waals surface area contributed by atoms with E-state index in [1.165, 1.54) is 12.8 Å². The van der Waals surface area contributed by atoms with Gasteiger partial charge in [0.1, 0.15) is 0 Å². The van der Waals surface area contributed by atoms with Crippen LogP contribution in [0.25, 0.3) is 10.4 Å². The number of nitrogens with two attached hydrogens (primary N) is 1. The van der Waals surface area contributed by atoms with Gasteiger partial charge in [0.05, 0.1) is 6.04 Å². The Balaban J connectivity index is 3.67. The zero-order valence-electron chi connectivity index (χ0n) is 10.6. The molecule has 6 nitrogen and oxygen atoms in total. The molecular weight excluding hydrogens is 218 g/mol. The molecule has 0 aromatic heterocycles. The Hall–Kier alpha value is -1.26. The molecule has 0 fully saturated rings. The van der Waals surface area contributed by atoms with Gasteiger partial charge in [0, 0.05) is 11.5 Å². The third-order valence-electron chi connectivity index (χ3n) is 2.58. The average Bonchev–Trinajstić information content (AvgIpc) is 2.31. The van der Waals surface area contributed by atoms with Gasteiger partial charge in [-0.05, 0) is 24.9 Å². The molecule has 17 heavy (non-hydrogen) atoms. The molecule has 0 spiro atoms. The lowest BCUT2D eigenvalue weighted by Gasteiger charge is -2.14. The zero-order chi connectivity index (χ0) is 12.9. The second-order valence-electron chi connectivity index (χ2n) is 4.07. The number of nitrogens with zero attached hydrogens (tertiary/aromatic N) is 3. The Morgan fingerprint density at radius 2 is 2.18 bits per heavy atom. The lowest BCUT2D eigenvalue weighted by Crippen LogP contribution is -2.41. The number of primary amides is 1. The number of amides is 1. The molecule has 0 rings (SSSR count). The van der Waals surface area contributed by atoms with E-state index in [0.717, 1.165) is 25.7 Å². The number of carbonyl (C=O) groups is 1. The summed E-state index contributed by atoms with van der Waals surface area (Å²) in [6, 6.07) is -0.252. The van der Waals surface area contributed by atoms with E-state index in [-0.39, 0.29) is 11.9 Å². The van der Waals surface area contributed by atoms with Crippen molar-refractivity contribution in [2.24, 2.45) is 10.8 Å². The summed E-state index contributed by atoms with van der Waals surface area (Å²) < 4.78 is 0. The monoisotopic (exact) mass is 241 g/mol. The SMILES string of the molecule is CCCCCCC(NCCCN=[N+]=[N-])C(N)=O. The van der Waals surface area contributed by atoms with Crippen LogP contribution >= 0.6 is 0 Å². The third kappa shape index (κ3) is 9.66. The molecule has 0 saturated carbocycles. The van der Waals surface area contributed by atoms with Crippen LogP contribution in [0.2, 0.25) is 0 Å². The molecule has 0 aliphatic heterocycles. The highest BCUT2D eigenvalue weighted by atomic mass is 16.1. The summed E-state index contributed by atoms with van der Waals surface area (Å²) in [6.07, 6.45) is 6.05. The Morgan fingerprint density at radius 3 is 2.76 bits per heavy atom. The van der Waals surface area contributed by atoms with Crippen molar-refractivity contribution in [3.8, 4) is 0 Å². The van der Waals surface area contributed by atoms with E-state index < -0.39 is 0 Å². The molecule has 0 bridgehead atoms. The van der Waals surface area contributed by atoms with Crippen LogP contribution in [0.5, 0.6) is 0 Å². The van der Waals surface area contributed by atoms with Gasteiger partial charge in [0.2, 0.25) is 5.91 Å². The van der Waals surface area contributed by atoms with E-state index in [1.54, 1.807) is 0 Å². The van der Waals surface area contributed by atoms with E-state index in [0.29, 0.717) is 13.1 Å². The number of carbonyl (C=O) groups excluding carboxylic acids is 1. The zero-order valence-corrected chi connectivity index (χ0v) is 10.6. The maximum atomic E-state index is 11.2. The number of hydrogen-bond acceptors (Lipinski definition) is 3. The first kappa shape index (κ1) is 15.7. The van der Waals surface area contributed by atoms with Crippen molar-refractivity contribution in [2.45, 2.75) is 51.5 Å². The molecule has 0 aliphatic rings. The molecule has 1 amide bonds. The predicted molar refractivity (Wildman–Crippen MR) is 68.4 cm³/mol. The molecule has 0 radical (unpaired) electrons. The highest BCUT2D eigenvalue weighted by Crippen LogP contribution is 2.05. The summed E-state index contributed by atoms with van der Waals surface area (Å²) in [4.78, 5) is 13.8. The van der Waals surface area contributed by atoms with Crippen LogP contribution in [0.3, 0.4) is 0 Å². The van der Waals surface area contributed by atoms with Crippen molar-refractivity contribution in [3.05, 3.63) is 10.4 Å². The van der Waals surface area contributed by atoms with Crippen LogP contribution in [0, 0.1) is 0 Å². The molecule has 0 aliphatic carbocycles. The maximum Gasteiger partial charge on any atom is 0.234 e. The van der Waals surface area contributed by atoms with Gasteiger partial charge in [-0.15, -0.1) is 0 Å². The van der Waals surface area contributed by atoms with Gasteiger partial charge in [-0.25, -0.2) is 0 Å². The second-order valence-corrected chi connectivity index (χ2v) is 4.07. The lowest BCUT2D eigenvalue weighted by molar-refractivity contribution is -0.120. The normalized spacial score (nSPS) is 11.8. The lowest BCUT2D eigenvalue weighted by atomic mass is 10.1. The number of rotatable bonds is 11. The predicted octanol–water partition coefficient (Wildman–Crippen LogP) is 2.10. The van der Waals surface area contributed by atoms with E-state index >= 15 is 0 Å². The average molecular weight is 241 g/mol. The highest BCUT2D eigenvalue weighted by molar-refractivity contribution is 5.79. The van der Waals surface area contributed by atoms with Gasteiger partial charge in [0.25, 0.3) is 0 Å². The number of azide groups is 1. The van der Waals surface area contributed by atoms with Crippen molar-refractivity contribution >= 4 is 5.91 Å². The Morgan fingerprint density at radius 1 is 1.41 bits per heavy atom. The molecule has 1 atom stereocenters. The summed E-state index contributed by atoms with van der Waals surface area (Å²) in [5.41, 5.74) is 13.4. The van der Waals surface area contributed by atoms with Crippen LogP contribution in [-0.4, -0.2) is 25.0 Å². The molecule has 0 saturated heterocycles. The second kappa shape index (κ2) is 11.2. The van der Waals surface area contributed by atoms with Crippen molar-refractivity contribution in [1.29, 1.82) is 0 Å².